The van der Waals surface area contributed by atoms with Gasteiger partial charge in [0.1, 0.15) is 23.3 Å². The van der Waals surface area contributed by atoms with Gasteiger partial charge in [0.05, 0.1) is 17.2 Å². The largest absolute Gasteiger partial charge is 0.477 e. The van der Waals surface area contributed by atoms with Crippen LogP contribution in [0.15, 0.2) is 54.7 Å². The van der Waals surface area contributed by atoms with E-state index in [1.807, 2.05) is 12.1 Å². The topological polar surface area (TPSA) is 99.0 Å². The molecule has 146 valence electrons. The van der Waals surface area contributed by atoms with Crippen molar-refractivity contribution in [2.24, 2.45) is 7.05 Å². The number of rotatable bonds is 4. The molecule has 0 saturated heterocycles. The third-order valence-electron chi connectivity index (χ3n) is 3.87. The third kappa shape index (κ3) is 5.03. The van der Waals surface area contributed by atoms with E-state index < -0.39 is 5.97 Å². The number of nitriles is 2. The Labute approximate surface area is 169 Å². The van der Waals surface area contributed by atoms with Crippen molar-refractivity contribution in [2.45, 2.75) is 20.3 Å². The lowest BCUT2D eigenvalue weighted by molar-refractivity contribution is 0.0687. The second-order valence-corrected chi connectivity index (χ2v) is 6.26. The number of nitrogens with zero attached hydrogens (tertiary/aromatic N) is 3. The molecule has 6 heteroatoms. The molecule has 3 rings (SSSR count). The van der Waals surface area contributed by atoms with Gasteiger partial charge in [-0.15, -0.1) is 0 Å². The van der Waals surface area contributed by atoms with Gasteiger partial charge in [-0.3, -0.25) is 0 Å². The van der Waals surface area contributed by atoms with Crippen molar-refractivity contribution in [3.63, 3.8) is 0 Å². The molecule has 1 N–H and O–H groups in total. The van der Waals surface area contributed by atoms with Crippen LogP contribution in [0.3, 0.4) is 0 Å². The lowest BCUT2D eigenvalue weighted by Gasteiger charge is -2.08. The molecule has 3 aromatic rings. The Morgan fingerprint density at radius 1 is 1.00 bits per heavy atom. The third-order valence-corrected chi connectivity index (χ3v) is 3.87. The van der Waals surface area contributed by atoms with Gasteiger partial charge in [0, 0.05) is 18.8 Å². The number of carbonyl (C=O) groups is 1. The first kappa shape index (κ1) is 21.3. The first-order chi connectivity index (χ1) is 13.9. The predicted molar refractivity (Wildman–Crippen MR) is 110 cm³/mol. The minimum absolute atomic E-state index is 0.0577. The number of hydrogen-bond acceptors (Lipinski definition) is 4. The maximum atomic E-state index is 11.5. The Balaban J connectivity index is 0.000000941. The highest BCUT2D eigenvalue weighted by Crippen LogP contribution is 2.31. The number of hydrogen-bond donors (Lipinski definition) is 1. The van der Waals surface area contributed by atoms with Gasteiger partial charge in [-0.1, -0.05) is 32.4 Å². The molecular weight excluding hydrogens is 366 g/mol. The van der Waals surface area contributed by atoms with Crippen molar-refractivity contribution in [1.82, 2.24) is 4.57 Å². The minimum Gasteiger partial charge on any atom is -0.477 e. The molecule has 0 bridgehead atoms. The number of carboxylic acid groups (broad SMARTS) is 1. The van der Waals surface area contributed by atoms with E-state index in [1.165, 1.54) is 17.2 Å². The zero-order valence-electron chi connectivity index (χ0n) is 16.5. The van der Waals surface area contributed by atoms with Gasteiger partial charge in [0.2, 0.25) is 0 Å². The fourth-order valence-corrected chi connectivity index (χ4v) is 2.68. The summed E-state index contributed by atoms with van der Waals surface area (Å²) in [6.07, 6.45) is 2.75. The van der Waals surface area contributed by atoms with Gasteiger partial charge in [0.15, 0.2) is 0 Å². The van der Waals surface area contributed by atoms with Gasteiger partial charge in [-0.2, -0.15) is 10.5 Å². The lowest BCUT2D eigenvalue weighted by Crippen LogP contribution is -2.05. The van der Waals surface area contributed by atoms with E-state index in [9.17, 15) is 15.2 Å². The molecule has 0 spiro atoms. The van der Waals surface area contributed by atoms with Crippen LogP contribution in [0.2, 0.25) is 0 Å². The number of benzene rings is 2. The van der Waals surface area contributed by atoms with Crippen LogP contribution >= 0.6 is 0 Å². The average Bonchev–Trinajstić information content (AvgIpc) is 3.06. The second-order valence-electron chi connectivity index (χ2n) is 6.26. The average molecular weight is 387 g/mol. The zero-order valence-corrected chi connectivity index (χ0v) is 16.5. The van der Waals surface area contributed by atoms with Crippen molar-refractivity contribution in [3.8, 4) is 34.8 Å². The Morgan fingerprint density at radius 3 is 1.97 bits per heavy atom. The summed E-state index contributed by atoms with van der Waals surface area (Å²) in [6.45, 7) is 4.25. The molecule has 1 aromatic heterocycles. The molecule has 0 aliphatic carbocycles. The summed E-state index contributed by atoms with van der Waals surface area (Å²) in [5.74, 6) is 0.0482. The maximum absolute atomic E-state index is 11.5. The number of ether oxygens (including phenoxy) is 1. The molecule has 2 aromatic carbocycles. The fraction of sp³-hybridized carbons (Fsp3) is 0.174. The molecule has 0 unspecified atom stereocenters. The Kier molecular flexibility index (Phi) is 7.17. The van der Waals surface area contributed by atoms with Crippen LogP contribution in [0.25, 0.3) is 11.1 Å². The lowest BCUT2D eigenvalue weighted by atomic mass is 10.0. The molecular formula is C23H21N3O3. The number of aryl methyl sites for hydroxylation is 1. The maximum Gasteiger partial charge on any atom is 0.353 e. The van der Waals surface area contributed by atoms with Crippen molar-refractivity contribution < 1.29 is 14.6 Å². The van der Waals surface area contributed by atoms with E-state index in [0.717, 1.165) is 0 Å². The highest BCUT2D eigenvalue weighted by molar-refractivity contribution is 5.96. The normalized spacial score (nSPS) is 9.55. The summed E-state index contributed by atoms with van der Waals surface area (Å²) in [7, 11) is 1.59. The highest BCUT2D eigenvalue weighted by Gasteiger charge is 2.21. The van der Waals surface area contributed by atoms with E-state index in [4.69, 9.17) is 10.00 Å². The Bertz CT molecular complexity index is 1070. The quantitative estimate of drug-likeness (QED) is 0.651. The molecule has 6 nitrogen and oxygen atoms in total. The summed E-state index contributed by atoms with van der Waals surface area (Å²) in [6, 6.07) is 17.6. The summed E-state index contributed by atoms with van der Waals surface area (Å²) >= 11 is 0. The van der Waals surface area contributed by atoms with Crippen molar-refractivity contribution in [1.29, 1.82) is 10.5 Å². The van der Waals surface area contributed by atoms with Crippen molar-refractivity contribution in [2.75, 3.05) is 0 Å². The van der Waals surface area contributed by atoms with Gasteiger partial charge in [-0.05, 0) is 42.0 Å². The molecule has 0 aliphatic heterocycles. The number of aromatic carboxylic acids is 1. The van der Waals surface area contributed by atoms with Crippen LogP contribution in [0.5, 0.6) is 11.5 Å². The molecule has 0 amide bonds. The summed E-state index contributed by atoms with van der Waals surface area (Å²) in [5.41, 5.74) is 1.90. The standard InChI is InChI=1S/C20H13N3O3.C3H8/c1-23-12-15(11-22)18(19(23)20(24)25)14-4-8-17(9-5-14)26-16-6-2-13(10-21)3-7-16;1-3-2/h2-9,12H,1H3,(H,24,25);3H2,1-2H3. The monoisotopic (exact) mass is 387 g/mol. The Morgan fingerprint density at radius 2 is 1.52 bits per heavy atom. The smallest absolute Gasteiger partial charge is 0.353 e. The van der Waals surface area contributed by atoms with Crippen LogP contribution in [0, 0.1) is 22.7 Å². The molecule has 0 saturated carbocycles. The van der Waals surface area contributed by atoms with E-state index >= 15 is 0 Å². The van der Waals surface area contributed by atoms with Gasteiger partial charge in [0.25, 0.3) is 0 Å². The molecule has 0 fully saturated rings. The summed E-state index contributed by atoms with van der Waals surface area (Å²) in [5, 5.41) is 27.5. The highest BCUT2D eigenvalue weighted by atomic mass is 16.5. The molecule has 0 atom stereocenters. The molecule has 0 radical (unpaired) electrons. The summed E-state index contributed by atoms with van der Waals surface area (Å²) < 4.78 is 7.14. The van der Waals surface area contributed by atoms with Gasteiger partial charge in [-0.25, -0.2) is 4.79 Å². The van der Waals surface area contributed by atoms with Crippen LogP contribution in [-0.2, 0) is 7.05 Å². The zero-order chi connectivity index (χ0) is 21.4. The fourth-order valence-electron chi connectivity index (χ4n) is 2.68. The minimum atomic E-state index is -1.10. The van der Waals surface area contributed by atoms with E-state index in [1.54, 1.807) is 55.6 Å². The second kappa shape index (κ2) is 9.77. The van der Waals surface area contributed by atoms with Crippen molar-refractivity contribution >= 4 is 5.97 Å². The Hall–Kier alpha value is -4.03. The summed E-state index contributed by atoms with van der Waals surface area (Å²) in [4.78, 5) is 11.5. The van der Waals surface area contributed by atoms with Crippen molar-refractivity contribution in [3.05, 3.63) is 71.5 Å². The van der Waals surface area contributed by atoms with E-state index in [2.05, 4.69) is 13.8 Å². The molecule has 29 heavy (non-hydrogen) atoms. The number of aromatic nitrogens is 1. The van der Waals surface area contributed by atoms with Crippen LogP contribution in [-0.4, -0.2) is 15.6 Å². The molecule has 0 aliphatic rings. The van der Waals surface area contributed by atoms with Crippen LogP contribution in [0.4, 0.5) is 0 Å². The molecule has 1 heterocycles. The van der Waals surface area contributed by atoms with Crippen LogP contribution < -0.4 is 4.74 Å². The van der Waals surface area contributed by atoms with Gasteiger partial charge >= 0.3 is 5.97 Å². The van der Waals surface area contributed by atoms with E-state index in [0.29, 0.717) is 33.8 Å². The van der Waals surface area contributed by atoms with Gasteiger partial charge < -0.3 is 14.4 Å². The van der Waals surface area contributed by atoms with Crippen LogP contribution in [0.1, 0.15) is 41.9 Å². The van der Waals surface area contributed by atoms with E-state index in [-0.39, 0.29) is 5.69 Å². The SMILES string of the molecule is CCC.Cn1cc(C#N)c(-c2ccc(Oc3ccc(C#N)cc3)cc2)c1C(=O)O. The number of carboxylic acids is 1. The first-order valence-electron chi connectivity index (χ1n) is 9.06. The first-order valence-corrected chi connectivity index (χ1v) is 9.06. The predicted octanol–water partition coefficient (Wildman–Crippen LogP) is 5.34.